The van der Waals surface area contributed by atoms with Gasteiger partial charge >= 0.3 is 5.63 Å². The molecule has 1 saturated heterocycles. The molecule has 0 radical (unpaired) electrons. The van der Waals surface area contributed by atoms with Gasteiger partial charge in [-0.05, 0) is 36.4 Å². The van der Waals surface area contributed by atoms with Crippen LogP contribution in [0.15, 0.2) is 63.8 Å². The molecular formula is C22H17ClFN3O2. The Kier molecular flexibility index (Phi) is 5.24. The van der Waals surface area contributed by atoms with E-state index in [0.29, 0.717) is 48.2 Å². The Hall–Kier alpha value is -3.30. The van der Waals surface area contributed by atoms with Crippen LogP contribution in [0.4, 0.5) is 15.8 Å². The van der Waals surface area contributed by atoms with E-state index in [4.69, 9.17) is 16.0 Å². The maximum Gasteiger partial charge on any atom is 0.356 e. The largest absolute Gasteiger partial charge is 0.422 e. The summed E-state index contributed by atoms with van der Waals surface area (Å²) >= 11 is 6.30. The summed E-state index contributed by atoms with van der Waals surface area (Å²) in [5, 5.41) is 10.2. The second-order valence-electron chi connectivity index (χ2n) is 6.70. The van der Waals surface area contributed by atoms with Crippen LogP contribution in [-0.4, -0.2) is 26.2 Å². The van der Waals surface area contributed by atoms with Gasteiger partial charge in [0.1, 0.15) is 17.6 Å². The van der Waals surface area contributed by atoms with Crippen LogP contribution in [0, 0.1) is 17.1 Å². The van der Waals surface area contributed by atoms with Gasteiger partial charge in [0.05, 0.1) is 16.4 Å². The van der Waals surface area contributed by atoms with Gasteiger partial charge in [-0.1, -0.05) is 23.7 Å². The molecule has 146 valence electrons. The van der Waals surface area contributed by atoms with Crippen molar-refractivity contribution >= 4 is 23.0 Å². The normalized spacial score (nSPS) is 14.0. The Morgan fingerprint density at radius 1 is 0.966 bits per heavy atom. The number of rotatable bonds is 3. The van der Waals surface area contributed by atoms with Gasteiger partial charge < -0.3 is 14.2 Å². The molecule has 0 atom stereocenters. The molecule has 0 spiro atoms. The molecule has 7 heteroatoms. The van der Waals surface area contributed by atoms with Crippen molar-refractivity contribution in [3.05, 3.63) is 81.4 Å². The molecule has 2 heterocycles. The minimum absolute atomic E-state index is 0.0259. The second kappa shape index (κ2) is 7.98. The highest BCUT2D eigenvalue weighted by Crippen LogP contribution is 2.30. The molecule has 1 aliphatic heterocycles. The Morgan fingerprint density at radius 3 is 2.21 bits per heavy atom. The van der Waals surface area contributed by atoms with Crippen molar-refractivity contribution in [1.82, 2.24) is 0 Å². The molecule has 3 aromatic rings. The predicted octanol–water partition coefficient (Wildman–Crippen LogP) is 4.30. The third-order valence-electron chi connectivity index (χ3n) is 4.98. The molecule has 1 fully saturated rings. The monoisotopic (exact) mass is 409 g/mol. The minimum Gasteiger partial charge on any atom is -0.422 e. The fourth-order valence-corrected chi connectivity index (χ4v) is 3.74. The number of halogens is 2. The summed E-state index contributed by atoms with van der Waals surface area (Å²) in [4.78, 5) is 16.6. The predicted molar refractivity (Wildman–Crippen MR) is 111 cm³/mol. The number of nitrogens with zero attached hydrogens (tertiary/aromatic N) is 3. The highest BCUT2D eigenvalue weighted by Gasteiger charge is 2.23. The third kappa shape index (κ3) is 3.82. The number of anilines is 2. The molecule has 0 aliphatic carbocycles. The summed E-state index contributed by atoms with van der Waals surface area (Å²) < 4.78 is 18.5. The first-order chi connectivity index (χ1) is 14.1. The molecule has 0 unspecified atom stereocenters. The molecular weight excluding hydrogens is 393 g/mol. The lowest BCUT2D eigenvalue weighted by Gasteiger charge is -2.37. The fourth-order valence-electron chi connectivity index (χ4n) is 3.49. The van der Waals surface area contributed by atoms with Crippen LogP contribution in [0.1, 0.15) is 5.56 Å². The van der Waals surface area contributed by atoms with Gasteiger partial charge in [0.15, 0.2) is 5.56 Å². The summed E-state index contributed by atoms with van der Waals surface area (Å²) in [6, 6.07) is 17.0. The standard InChI is InChI=1S/C22H17ClFN3O2/c23-18-3-1-2-4-19(18)26-9-11-27(12-10-26)20-13-21(29-22(28)17(20)14-25)15-5-7-16(24)8-6-15/h1-8,13H,9-12H2. The maximum absolute atomic E-state index is 13.2. The van der Waals surface area contributed by atoms with Gasteiger partial charge in [-0.25, -0.2) is 9.18 Å². The Labute approximate surface area is 172 Å². The highest BCUT2D eigenvalue weighted by atomic mass is 35.5. The van der Waals surface area contributed by atoms with Crippen LogP contribution in [-0.2, 0) is 0 Å². The zero-order valence-electron chi connectivity index (χ0n) is 15.4. The average Bonchev–Trinajstić information content (AvgIpc) is 2.74. The molecule has 1 aromatic heterocycles. The maximum atomic E-state index is 13.2. The van der Waals surface area contributed by atoms with Gasteiger partial charge in [-0.2, -0.15) is 5.26 Å². The number of benzene rings is 2. The average molecular weight is 410 g/mol. The van der Waals surface area contributed by atoms with Crippen molar-refractivity contribution < 1.29 is 8.81 Å². The summed E-state index contributed by atoms with van der Waals surface area (Å²) in [7, 11) is 0. The number of para-hydroxylation sites is 1. The van der Waals surface area contributed by atoms with E-state index in [1.54, 1.807) is 18.2 Å². The van der Waals surface area contributed by atoms with E-state index in [0.717, 1.165) is 5.69 Å². The number of piperazine rings is 1. The first-order valence-corrected chi connectivity index (χ1v) is 9.53. The van der Waals surface area contributed by atoms with Crippen molar-refractivity contribution in [2.45, 2.75) is 0 Å². The summed E-state index contributed by atoms with van der Waals surface area (Å²) in [5.74, 6) is -0.0711. The van der Waals surface area contributed by atoms with Gasteiger partial charge in [-0.15, -0.1) is 0 Å². The first kappa shape index (κ1) is 19.0. The van der Waals surface area contributed by atoms with Crippen LogP contribution in [0.5, 0.6) is 0 Å². The SMILES string of the molecule is N#Cc1c(N2CCN(c3ccccc3Cl)CC2)cc(-c2ccc(F)cc2)oc1=O. The van der Waals surface area contributed by atoms with Gasteiger partial charge in [0, 0.05) is 37.8 Å². The lowest BCUT2D eigenvalue weighted by Crippen LogP contribution is -2.47. The van der Waals surface area contributed by atoms with E-state index < -0.39 is 5.63 Å². The molecule has 2 aromatic carbocycles. The Bertz CT molecular complexity index is 1130. The first-order valence-electron chi connectivity index (χ1n) is 9.15. The Morgan fingerprint density at radius 2 is 1.59 bits per heavy atom. The van der Waals surface area contributed by atoms with Crippen molar-refractivity contribution in [2.75, 3.05) is 36.0 Å². The van der Waals surface area contributed by atoms with Gasteiger partial charge in [-0.3, -0.25) is 0 Å². The molecule has 1 aliphatic rings. The molecule has 5 nitrogen and oxygen atoms in total. The lowest BCUT2D eigenvalue weighted by molar-refractivity contribution is 0.521. The van der Waals surface area contributed by atoms with Crippen LogP contribution in [0.3, 0.4) is 0 Å². The molecule has 29 heavy (non-hydrogen) atoms. The van der Waals surface area contributed by atoms with E-state index in [1.165, 1.54) is 12.1 Å². The molecule has 0 N–H and O–H groups in total. The lowest BCUT2D eigenvalue weighted by atomic mass is 10.1. The summed E-state index contributed by atoms with van der Waals surface area (Å²) in [6.45, 7) is 2.62. The van der Waals surface area contributed by atoms with E-state index in [9.17, 15) is 14.4 Å². The van der Waals surface area contributed by atoms with E-state index in [1.807, 2.05) is 35.2 Å². The zero-order chi connectivity index (χ0) is 20.4. The van der Waals surface area contributed by atoms with Crippen molar-refractivity contribution in [3.63, 3.8) is 0 Å². The number of nitriles is 1. The molecule has 0 amide bonds. The van der Waals surface area contributed by atoms with Crippen molar-refractivity contribution in [3.8, 4) is 17.4 Å². The quantitative estimate of drug-likeness (QED) is 0.645. The van der Waals surface area contributed by atoms with E-state index in [2.05, 4.69) is 4.90 Å². The smallest absolute Gasteiger partial charge is 0.356 e. The van der Waals surface area contributed by atoms with Crippen LogP contribution >= 0.6 is 11.6 Å². The molecule has 4 rings (SSSR count). The fraction of sp³-hybridized carbons (Fsp3) is 0.182. The van der Waals surface area contributed by atoms with Crippen molar-refractivity contribution in [2.24, 2.45) is 0 Å². The van der Waals surface area contributed by atoms with Crippen LogP contribution in [0.2, 0.25) is 5.02 Å². The number of hydrogen-bond donors (Lipinski definition) is 0. The van der Waals surface area contributed by atoms with Gasteiger partial charge in [0.2, 0.25) is 0 Å². The second-order valence-corrected chi connectivity index (χ2v) is 7.11. The van der Waals surface area contributed by atoms with Crippen molar-refractivity contribution in [1.29, 1.82) is 5.26 Å². The number of hydrogen-bond acceptors (Lipinski definition) is 5. The summed E-state index contributed by atoms with van der Waals surface area (Å²) in [6.07, 6.45) is 0. The zero-order valence-corrected chi connectivity index (χ0v) is 16.2. The Balaban J connectivity index is 1.63. The highest BCUT2D eigenvalue weighted by molar-refractivity contribution is 6.33. The topological polar surface area (TPSA) is 60.5 Å². The van der Waals surface area contributed by atoms with Crippen LogP contribution in [0.25, 0.3) is 11.3 Å². The molecule has 0 saturated carbocycles. The summed E-state index contributed by atoms with van der Waals surface area (Å²) in [5.41, 5.74) is 1.35. The molecule has 0 bridgehead atoms. The van der Waals surface area contributed by atoms with E-state index >= 15 is 0 Å². The van der Waals surface area contributed by atoms with Gasteiger partial charge in [0.25, 0.3) is 0 Å². The van der Waals surface area contributed by atoms with Crippen LogP contribution < -0.4 is 15.4 Å². The minimum atomic E-state index is -0.696. The third-order valence-corrected chi connectivity index (χ3v) is 5.30. The van der Waals surface area contributed by atoms with E-state index in [-0.39, 0.29) is 11.4 Å².